The molecule has 0 aliphatic heterocycles. The number of thioether (sulfide) groups is 1. The van der Waals surface area contributed by atoms with Crippen LogP contribution in [0.2, 0.25) is 0 Å². The Hall–Kier alpha value is -1.64. The number of carbonyl (C=O) groups excluding carboxylic acids is 1. The zero-order valence-corrected chi connectivity index (χ0v) is 12.6. The van der Waals surface area contributed by atoms with Gasteiger partial charge in [-0.2, -0.15) is 0 Å². The van der Waals surface area contributed by atoms with E-state index in [1.165, 1.54) is 0 Å². The summed E-state index contributed by atoms with van der Waals surface area (Å²) in [4.78, 5) is 22.5. The van der Waals surface area contributed by atoms with Gasteiger partial charge in [0.25, 0.3) is 0 Å². The van der Waals surface area contributed by atoms with Crippen LogP contribution in [-0.2, 0) is 16.1 Å². The van der Waals surface area contributed by atoms with Crippen LogP contribution in [0.15, 0.2) is 5.16 Å². The average Bonchev–Trinajstić information content (AvgIpc) is 2.75. The Kier molecular flexibility index (Phi) is 6.43. The minimum absolute atomic E-state index is 0.111. The summed E-state index contributed by atoms with van der Waals surface area (Å²) in [6.07, 6.45) is 0.917. The molecule has 8 nitrogen and oxygen atoms in total. The number of carboxylic acid groups (broad SMARTS) is 1. The molecule has 0 bridgehead atoms. The summed E-state index contributed by atoms with van der Waals surface area (Å²) >= 11 is 1.14. The number of aliphatic carboxylic acids is 1. The van der Waals surface area contributed by atoms with Crippen LogP contribution in [0.4, 0.5) is 0 Å². The highest BCUT2D eigenvalue weighted by molar-refractivity contribution is 8.00. The third-order valence-corrected chi connectivity index (χ3v) is 3.53. The molecule has 1 unspecified atom stereocenters. The highest BCUT2D eigenvalue weighted by Crippen LogP contribution is 2.20. The molecule has 1 heterocycles. The maximum absolute atomic E-state index is 11.9. The number of hydrogen-bond donors (Lipinski definition) is 2. The van der Waals surface area contributed by atoms with Crippen LogP contribution in [0.5, 0.6) is 0 Å². The van der Waals surface area contributed by atoms with E-state index in [2.05, 4.69) is 34.7 Å². The minimum atomic E-state index is -1.03. The number of amides is 1. The molecule has 1 amide bonds. The Bertz CT molecular complexity index is 463. The van der Waals surface area contributed by atoms with Gasteiger partial charge in [-0.1, -0.05) is 25.6 Å². The molecule has 0 saturated carbocycles. The van der Waals surface area contributed by atoms with Crippen molar-refractivity contribution in [2.24, 2.45) is 5.92 Å². The van der Waals surface area contributed by atoms with Crippen LogP contribution in [0, 0.1) is 5.92 Å². The van der Waals surface area contributed by atoms with Gasteiger partial charge in [-0.25, -0.2) is 4.68 Å². The lowest BCUT2D eigenvalue weighted by molar-refractivity contribution is -0.138. The zero-order chi connectivity index (χ0) is 15.1. The normalized spacial score (nSPS) is 12.4. The van der Waals surface area contributed by atoms with Crippen molar-refractivity contribution in [2.75, 3.05) is 6.54 Å². The first kappa shape index (κ1) is 16.4. The molecule has 0 aromatic carbocycles. The number of rotatable bonds is 8. The van der Waals surface area contributed by atoms with E-state index in [1.807, 2.05) is 0 Å². The van der Waals surface area contributed by atoms with Crippen LogP contribution in [0.25, 0.3) is 0 Å². The van der Waals surface area contributed by atoms with Gasteiger partial charge in [-0.3, -0.25) is 9.59 Å². The molecule has 0 saturated heterocycles. The van der Waals surface area contributed by atoms with E-state index in [4.69, 9.17) is 5.11 Å². The van der Waals surface area contributed by atoms with Gasteiger partial charge in [0.2, 0.25) is 11.1 Å². The second-order valence-corrected chi connectivity index (χ2v) is 6.05. The molecule has 0 spiro atoms. The first-order valence-electron chi connectivity index (χ1n) is 6.32. The van der Waals surface area contributed by atoms with Crippen molar-refractivity contribution in [1.29, 1.82) is 0 Å². The molecule has 0 radical (unpaired) electrons. The van der Waals surface area contributed by atoms with E-state index < -0.39 is 5.97 Å². The first-order valence-corrected chi connectivity index (χ1v) is 7.20. The summed E-state index contributed by atoms with van der Waals surface area (Å²) < 4.78 is 1.16. The minimum Gasteiger partial charge on any atom is -0.480 e. The Balaban J connectivity index is 2.49. The van der Waals surface area contributed by atoms with Crippen LogP contribution < -0.4 is 5.32 Å². The highest BCUT2D eigenvalue weighted by Gasteiger charge is 2.19. The standard InChI is InChI=1S/C11H19N5O3S/c1-7(2)4-5-12-10(19)8(3)20-11-13-14-15-16(11)6-9(17)18/h7-8H,4-6H2,1-3H3,(H,12,19)(H,17,18). The second-order valence-electron chi connectivity index (χ2n) is 4.75. The lowest BCUT2D eigenvalue weighted by atomic mass is 10.1. The molecule has 1 aromatic rings. The Morgan fingerprint density at radius 2 is 2.10 bits per heavy atom. The lowest BCUT2D eigenvalue weighted by Gasteiger charge is -2.12. The number of tetrazole rings is 1. The van der Waals surface area contributed by atoms with Gasteiger partial charge >= 0.3 is 5.97 Å². The maximum atomic E-state index is 11.9. The van der Waals surface area contributed by atoms with E-state index in [0.29, 0.717) is 17.6 Å². The fourth-order valence-corrected chi connectivity index (χ4v) is 2.16. The van der Waals surface area contributed by atoms with Gasteiger partial charge in [0.15, 0.2) is 0 Å². The van der Waals surface area contributed by atoms with E-state index >= 15 is 0 Å². The van der Waals surface area contributed by atoms with Gasteiger partial charge in [0.1, 0.15) is 6.54 Å². The van der Waals surface area contributed by atoms with Crippen molar-refractivity contribution >= 4 is 23.6 Å². The van der Waals surface area contributed by atoms with Gasteiger partial charge in [0, 0.05) is 6.54 Å². The number of carboxylic acids is 1. The van der Waals surface area contributed by atoms with Crippen molar-refractivity contribution in [3.8, 4) is 0 Å². The zero-order valence-electron chi connectivity index (χ0n) is 11.7. The van der Waals surface area contributed by atoms with Crippen molar-refractivity contribution in [3.05, 3.63) is 0 Å². The predicted octanol–water partition coefficient (Wildman–Crippen LogP) is 0.401. The molecule has 0 aliphatic rings. The van der Waals surface area contributed by atoms with Crippen LogP contribution in [0.1, 0.15) is 27.2 Å². The van der Waals surface area contributed by atoms with E-state index in [9.17, 15) is 9.59 Å². The third-order valence-electron chi connectivity index (χ3n) is 2.46. The smallest absolute Gasteiger partial charge is 0.325 e. The molecule has 112 valence electrons. The Morgan fingerprint density at radius 1 is 1.40 bits per heavy atom. The second kappa shape index (κ2) is 7.83. The topological polar surface area (TPSA) is 110 Å². The molecule has 0 aliphatic carbocycles. The van der Waals surface area contributed by atoms with Crippen molar-refractivity contribution in [1.82, 2.24) is 25.5 Å². The summed E-state index contributed by atoms with van der Waals surface area (Å²) in [6, 6.07) is 0. The van der Waals surface area contributed by atoms with Crippen LogP contribution in [-0.4, -0.2) is 49.0 Å². The van der Waals surface area contributed by atoms with E-state index in [1.54, 1.807) is 6.92 Å². The Labute approximate surface area is 121 Å². The van der Waals surface area contributed by atoms with Crippen LogP contribution >= 0.6 is 11.8 Å². The number of nitrogens with one attached hydrogen (secondary N) is 1. The van der Waals surface area contributed by atoms with Crippen LogP contribution in [0.3, 0.4) is 0 Å². The number of aromatic nitrogens is 4. The fraction of sp³-hybridized carbons (Fsp3) is 0.727. The van der Waals surface area contributed by atoms with Gasteiger partial charge in [-0.15, -0.1) is 5.10 Å². The van der Waals surface area contributed by atoms with Crippen molar-refractivity contribution < 1.29 is 14.7 Å². The molecule has 2 N–H and O–H groups in total. The van der Waals surface area contributed by atoms with Crippen molar-refractivity contribution in [2.45, 2.75) is 44.1 Å². The van der Waals surface area contributed by atoms with Gasteiger partial charge < -0.3 is 10.4 Å². The molecule has 9 heteroatoms. The number of nitrogens with zero attached hydrogens (tertiary/aromatic N) is 4. The van der Waals surface area contributed by atoms with Crippen molar-refractivity contribution in [3.63, 3.8) is 0 Å². The maximum Gasteiger partial charge on any atom is 0.325 e. The fourth-order valence-electron chi connectivity index (χ4n) is 1.35. The summed E-state index contributed by atoms with van der Waals surface area (Å²) in [7, 11) is 0. The molecule has 1 aromatic heterocycles. The lowest BCUT2D eigenvalue weighted by Crippen LogP contribution is -2.32. The average molecular weight is 301 g/mol. The number of carbonyl (C=O) groups is 2. The quantitative estimate of drug-likeness (QED) is 0.669. The molecular weight excluding hydrogens is 282 g/mol. The SMILES string of the molecule is CC(C)CCNC(=O)C(C)Sc1nnnn1CC(=O)O. The largest absolute Gasteiger partial charge is 0.480 e. The summed E-state index contributed by atoms with van der Waals surface area (Å²) in [5, 5.41) is 22.2. The predicted molar refractivity (Wildman–Crippen MR) is 73.2 cm³/mol. The van der Waals surface area contributed by atoms with Gasteiger partial charge in [0.05, 0.1) is 5.25 Å². The molecule has 1 rings (SSSR count). The molecular formula is C11H19N5O3S. The monoisotopic (exact) mass is 301 g/mol. The van der Waals surface area contributed by atoms with E-state index in [-0.39, 0.29) is 17.7 Å². The summed E-state index contributed by atoms with van der Waals surface area (Å²) in [5.74, 6) is -0.616. The molecule has 0 fully saturated rings. The highest BCUT2D eigenvalue weighted by atomic mass is 32.2. The number of hydrogen-bond acceptors (Lipinski definition) is 6. The third kappa shape index (κ3) is 5.55. The Morgan fingerprint density at radius 3 is 2.70 bits per heavy atom. The summed E-state index contributed by atoms with van der Waals surface area (Å²) in [6.45, 7) is 6.21. The van der Waals surface area contributed by atoms with E-state index in [0.717, 1.165) is 22.9 Å². The molecule has 20 heavy (non-hydrogen) atoms. The van der Waals surface area contributed by atoms with Gasteiger partial charge in [-0.05, 0) is 29.7 Å². The molecule has 1 atom stereocenters. The first-order chi connectivity index (χ1) is 9.40. The summed E-state index contributed by atoms with van der Waals surface area (Å²) in [5.41, 5.74) is 0.